The summed E-state index contributed by atoms with van der Waals surface area (Å²) < 4.78 is 12.9. The van der Waals surface area contributed by atoms with E-state index >= 15 is 0 Å². The summed E-state index contributed by atoms with van der Waals surface area (Å²) in [5.41, 5.74) is 2.15. The van der Waals surface area contributed by atoms with Crippen molar-refractivity contribution in [1.82, 2.24) is 4.98 Å². The molecule has 0 saturated heterocycles. The molecule has 0 radical (unpaired) electrons. The second-order valence-electron chi connectivity index (χ2n) is 3.90. The van der Waals surface area contributed by atoms with Crippen molar-refractivity contribution in [2.45, 2.75) is 6.92 Å². The van der Waals surface area contributed by atoms with Crippen molar-refractivity contribution in [3.63, 3.8) is 0 Å². The lowest BCUT2D eigenvalue weighted by Crippen LogP contribution is -1.96. The molecule has 0 spiro atoms. The van der Waals surface area contributed by atoms with Crippen LogP contribution in [0.1, 0.15) is 18.1 Å². The third-order valence-electron chi connectivity index (χ3n) is 2.55. The van der Waals surface area contributed by atoms with E-state index in [1.165, 1.54) is 19.1 Å². The van der Waals surface area contributed by atoms with Gasteiger partial charge in [0.05, 0.1) is 0 Å². The summed E-state index contributed by atoms with van der Waals surface area (Å²) in [4.78, 5) is 15.6. The third-order valence-corrected chi connectivity index (χ3v) is 2.55. The van der Waals surface area contributed by atoms with Crippen LogP contribution in [-0.2, 0) is 4.79 Å². The quantitative estimate of drug-likeness (QED) is 0.771. The molecule has 0 aliphatic heterocycles. The second kappa shape index (κ2) is 5.36. The normalized spacial score (nSPS) is 11.3. The number of carbonyl (C=O) groups excluding carboxylic acids is 1. The van der Waals surface area contributed by atoms with E-state index in [9.17, 15) is 9.18 Å². The minimum Gasteiger partial charge on any atom is -0.294 e. The molecule has 1 heterocycles. The maximum absolute atomic E-state index is 12.9. The summed E-state index contributed by atoms with van der Waals surface area (Å²) in [5.74, 6) is -0.371. The number of hydrogen-bond acceptors (Lipinski definition) is 2. The molecule has 2 nitrogen and oxygen atoms in total. The number of ketones is 1. The first-order valence-corrected chi connectivity index (χ1v) is 5.55. The average Bonchev–Trinajstić information content (AvgIpc) is 2.38. The van der Waals surface area contributed by atoms with Gasteiger partial charge in [-0.2, -0.15) is 0 Å². The van der Waals surface area contributed by atoms with Crippen molar-refractivity contribution < 1.29 is 9.18 Å². The number of carbonyl (C=O) groups is 1. The van der Waals surface area contributed by atoms with Gasteiger partial charge in [-0.05, 0) is 48.4 Å². The molecule has 0 unspecified atom stereocenters. The van der Waals surface area contributed by atoms with Crippen LogP contribution in [0.3, 0.4) is 0 Å². The van der Waals surface area contributed by atoms with Crippen LogP contribution in [0.4, 0.5) is 4.39 Å². The third kappa shape index (κ3) is 2.88. The zero-order valence-electron chi connectivity index (χ0n) is 9.93. The van der Waals surface area contributed by atoms with E-state index < -0.39 is 0 Å². The van der Waals surface area contributed by atoms with Crippen LogP contribution >= 0.6 is 0 Å². The van der Waals surface area contributed by atoms with E-state index in [-0.39, 0.29) is 11.6 Å². The zero-order valence-corrected chi connectivity index (χ0v) is 9.93. The molecule has 0 saturated carbocycles. The topological polar surface area (TPSA) is 30.0 Å². The Morgan fingerprint density at radius 3 is 2.28 bits per heavy atom. The molecular weight excluding hydrogens is 229 g/mol. The van der Waals surface area contributed by atoms with Gasteiger partial charge in [0, 0.05) is 18.0 Å². The van der Waals surface area contributed by atoms with Gasteiger partial charge in [-0.1, -0.05) is 12.1 Å². The Kier molecular flexibility index (Phi) is 3.63. The minimum atomic E-state index is -0.314. The Morgan fingerprint density at radius 2 is 1.72 bits per heavy atom. The molecule has 0 aliphatic carbocycles. The van der Waals surface area contributed by atoms with Crippen molar-refractivity contribution in [3.8, 4) is 0 Å². The predicted molar refractivity (Wildman–Crippen MR) is 69.2 cm³/mol. The lowest BCUT2D eigenvalue weighted by Gasteiger charge is -2.04. The molecule has 18 heavy (non-hydrogen) atoms. The summed E-state index contributed by atoms with van der Waals surface area (Å²) >= 11 is 0. The van der Waals surface area contributed by atoms with Crippen molar-refractivity contribution in [2.75, 3.05) is 0 Å². The molecule has 2 rings (SSSR count). The summed E-state index contributed by atoms with van der Waals surface area (Å²) in [7, 11) is 0. The fourth-order valence-corrected chi connectivity index (χ4v) is 1.64. The highest BCUT2D eigenvalue weighted by Gasteiger charge is 2.07. The van der Waals surface area contributed by atoms with Gasteiger partial charge in [-0.15, -0.1) is 0 Å². The van der Waals surface area contributed by atoms with E-state index in [4.69, 9.17) is 0 Å². The first kappa shape index (κ1) is 12.2. The molecular formula is C15H12FNO. The Balaban J connectivity index is 2.44. The molecule has 0 fully saturated rings. The standard InChI is InChI=1S/C15H12FNO/c1-11(18)15(10-12-6-8-17-9-7-12)13-2-4-14(16)5-3-13/h2-10H,1H3/b15-10+. The number of nitrogens with zero attached hydrogens (tertiary/aromatic N) is 1. The Bertz CT molecular complexity index is 573. The monoisotopic (exact) mass is 241 g/mol. The summed E-state index contributed by atoms with van der Waals surface area (Å²) in [6.07, 6.45) is 5.10. The SMILES string of the molecule is CC(=O)/C(=C\c1ccncc1)c1ccc(F)cc1. The van der Waals surface area contributed by atoms with Gasteiger partial charge in [-0.3, -0.25) is 9.78 Å². The molecule has 0 aliphatic rings. The number of benzene rings is 1. The average molecular weight is 241 g/mol. The molecule has 0 bridgehead atoms. The van der Waals surface area contributed by atoms with Crippen molar-refractivity contribution in [2.24, 2.45) is 0 Å². The number of halogens is 1. The highest BCUT2D eigenvalue weighted by atomic mass is 19.1. The Labute approximate surface area is 105 Å². The second-order valence-corrected chi connectivity index (χ2v) is 3.90. The van der Waals surface area contributed by atoms with E-state index in [0.717, 1.165) is 5.56 Å². The number of pyridine rings is 1. The van der Waals surface area contributed by atoms with Gasteiger partial charge in [0.2, 0.25) is 0 Å². The van der Waals surface area contributed by atoms with Crippen molar-refractivity contribution in [3.05, 3.63) is 65.7 Å². The van der Waals surface area contributed by atoms with E-state index in [0.29, 0.717) is 11.1 Å². The Morgan fingerprint density at radius 1 is 1.11 bits per heavy atom. The predicted octanol–water partition coefficient (Wildman–Crippen LogP) is 3.35. The lowest BCUT2D eigenvalue weighted by atomic mass is 10.00. The van der Waals surface area contributed by atoms with Crippen molar-refractivity contribution >= 4 is 17.4 Å². The molecule has 0 N–H and O–H groups in total. The van der Waals surface area contributed by atoms with Gasteiger partial charge in [-0.25, -0.2) is 4.39 Å². The fourth-order valence-electron chi connectivity index (χ4n) is 1.64. The molecule has 2 aromatic rings. The van der Waals surface area contributed by atoms with Gasteiger partial charge in [0.15, 0.2) is 5.78 Å². The molecule has 90 valence electrons. The molecule has 0 amide bonds. The van der Waals surface area contributed by atoms with E-state index in [1.807, 2.05) is 12.1 Å². The highest BCUT2D eigenvalue weighted by molar-refractivity contribution is 6.24. The number of aromatic nitrogens is 1. The van der Waals surface area contributed by atoms with Crippen LogP contribution < -0.4 is 0 Å². The van der Waals surface area contributed by atoms with Gasteiger partial charge in [0.25, 0.3) is 0 Å². The molecule has 1 aromatic carbocycles. The van der Waals surface area contributed by atoms with Crippen LogP contribution in [0.5, 0.6) is 0 Å². The van der Waals surface area contributed by atoms with Crippen LogP contribution in [0.2, 0.25) is 0 Å². The fraction of sp³-hybridized carbons (Fsp3) is 0.0667. The van der Waals surface area contributed by atoms with Crippen LogP contribution in [0, 0.1) is 5.82 Å². The van der Waals surface area contributed by atoms with Gasteiger partial charge >= 0.3 is 0 Å². The van der Waals surface area contributed by atoms with Crippen molar-refractivity contribution in [1.29, 1.82) is 0 Å². The van der Waals surface area contributed by atoms with E-state index in [2.05, 4.69) is 4.98 Å². The smallest absolute Gasteiger partial charge is 0.160 e. The number of hydrogen-bond donors (Lipinski definition) is 0. The molecule has 3 heteroatoms. The van der Waals surface area contributed by atoms with E-state index in [1.54, 1.807) is 30.6 Å². The first-order valence-electron chi connectivity index (χ1n) is 5.55. The number of Topliss-reactive ketones (excluding diaryl/α,β-unsaturated/α-hetero) is 1. The molecule has 1 aromatic heterocycles. The van der Waals surface area contributed by atoms with Gasteiger partial charge in [0.1, 0.15) is 5.82 Å². The first-order chi connectivity index (χ1) is 8.66. The van der Waals surface area contributed by atoms with Crippen LogP contribution in [0.25, 0.3) is 11.6 Å². The van der Waals surface area contributed by atoms with Gasteiger partial charge < -0.3 is 0 Å². The highest BCUT2D eigenvalue weighted by Crippen LogP contribution is 2.19. The maximum Gasteiger partial charge on any atom is 0.160 e. The number of rotatable bonds is 3. The summed E-state index contributed by atoms with van der Waals surface area (Å²) in [6.45, 7) is 1.50. The zero-order chi connectivity index (χ0) is 13.0. The lowest BCUT2D eigenvalue weighted by molar-refractivity contribution is -0.111. The maximum atomic E-state index is 12.9. The summed E-state index contributed by atoms with van der Waals surface area (Å²) in [5, 5.41) is 0. The molecule has 0 atom stereocenters. The Hall–Kier alpha value is -2.29. The van der Waals surface area contributed by atoms with Crippen LogP contribution in [0.15, 0.2) is 48.8 Å². The number of allylic oxidation sites excluding steroid dienone is 1. The largest absolute Gasteiger partial charge is 0.294 e. The summed E-state index contributed by atoms with van der Waals surface area (Å²) in [6, 6.07) is 9.52. The minimum absolute atomic E-state index is 0.0570. The van der Waals surface area contributed by atoms with Crippen LogP contribution in [-0.4, -0.2) is 10.8 Å².